The molecule has 6 rings (SSSR count). The van der Waals surface area contributed by atoms with Crippen LogP contribution in [0.15, 0.2) is 60.0 Å². The molecule has 1 saturated heterocycles. The van der Waals surface area contributed by atoms with Gasteiger partial charge in [0.05, 0.1) is 12.2 Å². The quantitative estimate of drug-likeness (QED) is 0.188. The van der Waals surface area contributed by atoms with Crippen molar-refractivity contribution in [1.82, 2.24) is 29.2 Å². The number of hydrogen-bond acceptors (Lipinski definition) is 8. The Morgan fingerprint density at radius 1 is 1.21 bits per heavy atom. The van der Waals surface area contributed by atoms with Crippen molar-refractivity contribution in [1.29, 1.82) is 0 Å². The maximum Gasteiger partial charge on any atom is 0.278 e. The molecule has 2 aliphatic rings. The molecule has 0 bridgehead atoms. The molecule has 10 nitrogen and oxygen atoms in total. The first-order chi connectivity index (χ1) is 18.7. The normalized spacial score (nSPS) is 21.3. The largest absolute Gasteiger partial charge is 0.374 e. The van der Waals surface area contributed by atoms with Crippen LogP contribution in [0.2, 0.25) is 0 Å². The van der Waals surface area contributed by atoms with E-state index in [0.29, 0.717) is 41.0 Å². The Kier molecular flexibility index (Phi) is 6.68. The number of nitrogens with one attached hydrogen (secondary N) is 1. The van der Waals surface area contributed by atoms with Gasteiger partial charge in [0, 0.05) is 43.2 Å². The van der Waals surface area contributed by atoms with Gasteiger partial charge in [-0.05, 0) is 85.3 Å². The number of hydrogen-bond donors (Lipinski definition) is 2. The molecule has 202 valence electrons. The van der Waals surface area contributed by atoms with Crippen LogP contribution < -0.4 is 15.8 Å². The summed E-state index contributed by atoms with van der Waals surface area (Å²) in [6.45, 7) is 9.37. The van der Waals surface area contributed by atoms with E-state index in [-0.39, 0.29) is 12.1 Å². The molecular weight excluding hydrogens is 607 g/mol. The molecule has 1 aliphatic carbocycles. The second kappa shape index (κ2) is 10.0. The Morgan fingerprint density at radius 2 is 2.00 bits per heavy atom. The fourth-order valence-electron chi connectivity index (χ4n) is 5.32. The fourth-order valence-corrected chi connectivity index (χ4v) is 6.06. The van der Waals surface area contributed by atoms with Crippen LogP contribution in [0.5, 0.6) is 0 Å². The molecule has 2 N–H and O–H groups in total. The number of anilines is 3. The van der Waals surface area contributed by atoms with Gasteiger partial charge in [-0.2, -0.15) is 4.98 Å². The van der Waals surface area contributed by atoms with Crippen LogP contribution in [0.1, 0.15) is 24.6 Å². The standard InChI is InChI=1S/C28H31IN8O2/c1-4-13-36-26(38)22-16-30-27(31-20-6-8-21(9-7-20)35-15-14-34(3)18(2)17-35)33-25(22)37(36)23-10-5-19-11-12-28(29,39)24(19)32-23/h4-10,16,18,39H,1,11-15,17H2,2-3H3,(H,30,31,33)/t18-,28+/m0/s1. The lowest BCUT2D eigenvalue weighted by atomic mass is 10.1. The Morgan fingerprint density at radius 3 is 2.74 bits per heavy atom. The maximum absolute atomic E-state index is 13.3. The van der Waals surface area contributed by atoms with E-state index >= 15 is 0 Å². The van der Waals surface area contributed by atoms with E-state index in [4.69, 9.17) is 9.97 Å². The zero-order valence-corrected chi connectivity index (χ0v) is 24.2. The van der Waals surface area contributed by atoms with Gasteiger partial charge in [0.2, 0.25) is 5.95 Å². The topological polar surface area (TPSA) is 104 Å². The van der Waals surface area contributed by atoms with E-state index in [0.717, 1.165) is 37.3 Å². The molecule has 3 aromatic heterocycles. The molecule has 11 heteroatoms. The second-order valence-corrected chi connectivity index (χ2v) is 12.1. The summed E-state index contributed by atoms with van der Waals surface area (Å²) < 4.78 is 2.19. The van der Waals surface area contributed by atoms with Crippen LogP contribution in [0, 0.1) is 0 Å². The summed E-state index contributed by atoms with van der Waals surface area (Å²) in [6.07, 6.45) is 4.57. The number of fused-ring (bicyclic) bond motifs is 2. The van der Waals surface area contributed by atoms with Crippen LogP contribution in [0.25, 0.3) is 16.9 Å². The summed E-state index contributed by atoms with van der Waals surface area (Å²) in [5.74, 6) is 0.884. The van der Waals surface area contributed by atoms with Crippen LogP contribution in [0.4, 0.5) is 17.3 Å². The molecule has 0 radical (unpaired) electrons. The SMILES string of the molecule is C=CCn1c(=O)c2cnc(Nc3ccc(N4CCN(C)[C@@H](C)C4)cc3)nc2n1-c1ccc2c(n1)[C@@](O)(I)CC2. The number of aromatic nitrogens is 5. The number of aliphatic hydroxyl groups is 1. The number of rotatable bonds is 6. The first kappa shape index (κ1) is 26.0. The molecular formula is C28H31IN8O2. The minimum absolute atomic E-state index is 0.228. The average Bonchev–Trinajstić information content (AvgIpc) is 3.38. The van der Waals surface area contributed by atoms with Crippen molar-refractivity contribution in [3.05, 3.63) is 76.9 Å². The van der Waals surface area contributed by atoms with Gasteiger partial charge in [-0.15, -0.1) is 6.58 Å². The summed E-state index contributed by atoms with van der Waals surface area (Å²) in [7, 11) is 2.17. The summed E-state index contributed by atoms with van der Waals surface area (Å²) in [6, 6.07) is 12.6. The number of piperazine rings is 1. The highest BCUT2D eigenvalue weighted by atomic mass is 127. The smallest absolute Gasteiger partial charge is 0.278 e. The van der Waals surface area contributed by atoms with Gasteiger partial charge in [-0.3, -0.25) is 4.79 Å². The first-order valence-corrected chi connectivity index (χ1v) is 14.2. The second-order valence-electron chi connectivity index (χ2n) is 10.3. The van der Waals surface area contributed by atoms with Gasteiger partial charge in [-0.1, -0.05) is 12.1 Å². The number of nitrogens with zero attached hydrogens (tertiary/aromatic N) is 7. The number of pyridine rings is 1. The van der Waals surface area contributed by atoms with Gasteiger partial charge in [0.25, 0.3) is 5.56 Å². The van der Waals surface area contributed by atoms with Crippen LogP contribution in [-0.4, -0.2) is 67.0 Å². The number of halogens is 1. The zero-order chi connectivity index (χ0) is 27.3. The predicted octanol–water partition coefficient (Wildman–Crippen LogP) is 3.57. The Balaban J connectivity index is 1.34. The third-order valence-electron chi connectivity index (χ3n) is 7.70. The zero-order valence-electron chi connectivity index (χ0n) is 22.0. The molecule has 0 unspecified atom stereocenters. The van der Waals surface area contributed by atoms with Gasteiger partial charge in [-0.25, -0.2) is 19.3 Å². The van der Waals surface area contributed by atoms with Crippen molar-refractivity contribution in [3.8, 4) is 5.82 Å². The van der Waals surface area contributed by atoms with Crippen molar-refractivity contribution in [2.24, 2.45) is 0 Å². The van der Waals surface area contributed by atoms with Crippen LogP contribution in [-0.2, 0) is 16.6 Å². The molecule has 4 heterocycles. The molecule has 39 heavy (non-hydrogen) atoms. The molecule has 1 aromatic carbocycles. The highest BCUT2D eigenvalue weighted by Gasteiger charge is 2.36. The predicted molar refractivity (Wildman–Crippen MR) is 161 cm³/mol. The lowest BCUT2D eigenvalue weighted by Gasteiger charge is -2.39. The average molecular weight is 639 g/mol. The van der Waals surface area contributed by atoms with E-state index in [9.17, 15) is 9.90 Å². The molecule has 1 fully saturated rings. The summed E-state index contributed by atoms with van der Waals surface area (Å²) in [5.41, 5.74) is 3.88. The van der Waals surface area contributed by atoms with Gasteiger partial charge in [0.1, 0.15) is 5.39 Å². The van der Waals surface area contributed by atoms with Crippen molar-refractivity contribution < 1.29 is 5.11 Å². The monoisotopic (exact) mass is 638 g/mol. The Bertz CT molecular complexity index is 1610. The molecule has 1 aliphatic heterocycles. The number of benzene rings is 1. The fraction of sp³-hybridized carbons (Fsp3) is 0.357. The summed E-state index contributed by atoms with van der Waals surface area (Å²) in [4.78, 5) is 32.0. The van der Waals surface area contributed by atoms with Crippen LogP contribution in [0.3, 0.4) is 0 Å². The number of likely N-dealkylation sites (N-methyl/N-ethyl adjacent to an activating group) is 1. The highest BCUT2D eigenvalue weighted by molar-refractivity contribution is 14.1. The Labute approximate surface area is 240 Å². The van der Waals surface area contributed by atoms with Gasteiger partial charge in [0.15, 0.2) is 15.1 Å². The lowest BCUT2D eigenvalue weighted by molar-refractivity contribution is 0.155. The van der Waals surface area contributed by atoms with Crippen molar-refractivity contribution in [2.75, 3.05) is 36.9 Å². The summed E-state index contributed by atoms with van der Waals surface area (Å²) in [5, 5.41) is 14.5. The van der Waals surface area contributed by atoms with Gasteiger partial charge >= 0.3 is 0 Å². The van der Waals surface area contributed by atoms with Crippen molar-refractivity contribution in [2.45, 2.75) is 36.0 Å². The number of alkyl halides is 1. The van der Waals surface area contributed by atoms with E-state index in [1.54, 1.807) is 17.0 Å². The third kappa shape index (κ3) is 4.72. The van der Waals surface area contributed by atoms with Crippen molar-refractivity contribution >= 4 is 50.9 Å². The Hall–Kier alpha value is -3.29. The van der Waals surface area contributed by atoms with E-state index in [2.05, 4.69) is 52.8 Å². The maximum atomic E-state index is 13.3. The molecule has 4 aromatic rings. The van der Waals surface area contributed by atoms with Crippen LogP contribution >= 0.6 is 22.6 Å². The number of allylic oxidation sites excluding steroid dienone is 1. The van der Waals surface area contributed by atoms with E-state index in [1.165, 1.54) is 10.4 Å². The summed E-state index contributed by atoms with van der Waals surface area (Å²) >= 11 is 2.04. The third-order valence-corrected chi connectivity index (χ3v) is 8.75. The number of aryl methyl sites for hydroxylation is 1. The molecule has 0 saturated carbocycles. The highest BCUT2D eigenvalue weighted by Crippen LogP contribution is 2.41. The van der Waals surface area contributed by atoms with E-state index < -0.39 is 3.61 Å². The minimum Gasteiger partial charge on any atom is -0.374 e. The molecule has 2 atom stereocenters. The first-order valence-electron chi connectivity index (χ1n) is 13.1. The van der Waals surface area contributed by atoms with E-state index in [1.807, 2.05) is 46.9 Å². The van der Waals surface area contributed by atoms with Gasteiger partial charge < -0.3 is 20.2 Å². The minimum atomic E-state index is -1.04. The molecule has 0 spiro atoms. The van der Waals surface area contributed by atoms with Crippen molar-refractivity contribution in [3.63, 3.8) is 0 Å². The lowest BCUT2D eigenvalue weighted by Crippen LogP contribution is -2.50. The molecule has 0 amide bonds.